The highest BCUT2D eigenvalue weighted by molar-refractivity contribution is 5.97. The van der Waals surface area contributed by atoms with E-state index in [4.69, 9.17) is 0 Å². The van der Waals surface area contributed by atoms with Crippen LogP contribution >= 0.6 is 0 Å². The fourth-order valence-electron chi connectivity index (χ4n) is 3.17. The molecule has 25 heavy (non-hydrogen) atoms. The van der Waals surface area contributed by atoms with Crippen molar-refractivity contribution in [2.75, 3.05) is 0 Å². The Kier molecular flexibility index (Phi) is 3.56. The molecule has 7 heteroatoms. The molecule has 4 rings (SSSR count). The summed E-state index contributed by atoms with van der Waals surface area (Å²) < 4.78 is 1.85. The fourth-order valence-corrected chi connectivity index (χ4v) is 3.17. The first-order valence-electron chi connectivity index (χ1n) is 8.16. The summed E-state index contributed by atoms with van der Waals surface area (Å²) in [5, 5.41) is 0.467. The molecule has 7 nitrogen and oxygen atoms in total. The number of rotatable bonds is 2. The summed E-state index contributed by atoms with van der Waals surface area (Å²) in [5.41, 5.74) is 3.09. The summed E-state index contributed by atoms with van der Waals surface area (Å²) in [7, 11) is 0. The van der Waals surface area contributed by atoms with E-state index < -0.39 is 0 Å². The smallest absolute Gasteiger partial charge is 0.260 e. The Bertz CT molecular complexity index is 1030. The van der Waals surface area contributed by atoms with E-state index in [0.29, 0.717) is 30.7 Å². The molecule has 3 aromatic rings. The number of hydrogen-bond acceptors (Lipinski definition) is 5. The van der Waals surface area contributed by atoms with Crippen molar-refractivity contribution in [2.24, 2.45) is 0 Å². The van der Waals surface area contributed by atoms with Crippen molar-refractivity contribution in [3.63, 3.8) is 0 Å². The lowest BCUT2D eigenvalue weighted by Crippen LogP contribution is -2.31. The van der Waals surface area contributed by atoms with Gasteiger partial charge in [0, 0.05) is 36.7 Å². The van der Waals surface area contributed by atoms with Crippen LogP contribution in [-0.4, -0.2) is 30.3 Å². The van der Waals surface area contributed by atoms with Gasteiger partial charge in [0.15, 0.2) is 0 Å². The van der Waals surface area contributed by atoms with Gasteiger partial charge in [-0.15, -0.1) is 0 Å². The average molecular weight is 335 g/mol. The molecule has 0 aromatic carbocycles. The van der Waals surface area contributed by atoms with E-state index in [1.165, 1.54) is 6.33 Å². The third-order valence-corrected chi connectivity index (χ3v) is 4.50. The SMILES string of the molecule is CCn1cc(C(=O)N2Cc3cncnc3C2)c(=O)c2ccc(C)nc21. The van der Waals surface area contributed by atoms with Crippen LogP contribution in [0.5, 0.6) is 0 Å². The topological polar surface area (TPSA) is 81.0 Å². The van der Waals surface area contributed by atoms with Crippen molar-refractivity contribution in [3.05, 3.63) is 63.6 Å². The molecule has 0 fully saturated rings. The molecule has 0 bridgehead atoms. The van der Waals surface area contributed by atoms with Gasteiger partial charge >= 0.3 is 0 Å². The first-order valence-corrected chi connectivity index (χ1v) is 8.16. The van der Waals surface area contributed by atoms with Gasteiger partial charge in [-0.1, -0.05) is 0 Å². The Hall–Kier alpha value is -3.09. The number of pyridine rings is 2. The molecule has 4 heterocycles. The molecule has 1 aliphatic heterocycles. The van der Waals surface area contributed by atoms with Crippen molar-refractivity contribution in [2.45, 2.75) is 33.5 Å². The van der Waals surface area contributed by atoms with Gasteiger partial charge < -0.3 is 9.47 Å². The van der Waals surface area contributed by atoms with Crippen molar-refractivity contribution >= 4 is 16.9 Å². The van der Waals surface area contributed by atoms with Crippen LogP contribution in [0.1, 0.15) is 34.2 Å². The molecule has 0 saturated heterocycles. The summed E-state index contributed by atoms with van der Waals surface area (Å²) in [6.07, 6.45) is 4.81. The fraction of sp³-hybridized carbons (Fsp3) is 0.278. The molecule has 0 atom stereocenters. The van der Waals surface area contributed by atoms with E-state index in [2.05, 4.69) is 15.0 Å². The average Bonchev–Trinajstić information content (AvgIpc) is 3.05. The quantitative estimate of drug-likeness (QED) is 0.711. The van der Waals surface area contributed by atoms with E-state index in [1.54, 1.807) is 29.4 Å². The van der Waals surface area contributed by atoms with E-state index >= 15 is 0 Å². The molecule has 0 radical (unpaired) electrons. The van der Waals surface area contributed by atoms with Gasteiger partial charge in [-0.05, 0) is 26.0 Å². The number of amides is 1. The van der Waals surface area contributed by atoms with E-state index in [0.717, 1.165) is 17.0 Å². The zero-order chi connectivity index (χ0) is 17.6. The highest BCUT2D eigenvalue weighted by Gasteiger charge is 2.27. The Labute approximate surface area is 144 Å². The molecule has 0 saturated carbocycles. The largest absolute Gasteiger partial charge is 0.332 e. The molecule has 3 aromatic heterocycles. The maximum atomic E-state index is 13.0. The number of fused-ring (bicyclic) bond motifs is 2. The lowest BCUT2D eigenvalue weighted by molar-refractivity contribution is 0.0748. The van der Waals surface area contributed by atoms with Crippen LogP contribution in [-0.2, 0) is 19.6 Å². The Balaban J connectivity index is 1.80. The number of nitrogens with zero attached hydrogens (tertiary/aromatic N) is 5. The Morgan fingerprint density at radius 2 is 2.12 bits per heavy atom. The van der Waals surface area contributed by atoms with Crippen molar-refractivity contribution in [1.82, 2.24) is 24.4 Å². The zero-order valence-corrected chi connectivity index (χ0v) is 14.1. The van der Waals surface area contributed by atoms with Gasteiger partial charge in [0.2, 0.25) is 5.43 Å². The minimum atomic E-state index is -0.285. The minimum Gasteiger partial charge on any atom is -0.332 e. The summed E-state index contributed by atoms with van der Waals surface area (Å²) in [6, 6.07) is 3.53. The van der Waals surface area contributed by atoms with Crippen molar-refractivity contribution in [1.29, 1.82) is 0 Å². The van der Waals surface area contributed by atoms with E-state index in [1.807, 2.05) is 18.4 Å². The second-order valence-electron chi connectivity index (χ2n) is 6.14. The van der Waals surface area contributed by atoms with Crippen LogP contribution in [0.25, 0.3) is 11.0 Å². The summed E-state index contributed by atoms with van der Waals surface area (Å²) in [6.45, 7) is 5.28. The molecule has 1 amide bonds. The van der Waals surface area contributed by atoms with Gasteiger partial charge in [-0.25, -0.2) is 15.0 Å². The van der Waals surface area contributed by atoms with Gasteiger partial charge in [0.1, 0.15) is 17.5 Å². The summed E-state index contributed by atoms with van der Waals surface area (Å²) >= 11 is 0. The Morgan fingerprint density at radius 1 is 1.28 bits per heavy atom. The molecular weight excluding hydrogens is 318 g/mol. The van der Waals surface area contributed by atoms with Gasteiger partial charge in [0.25, 0.3) is 5.91 Å². The van der Waals surface area contributed by atoms with Gasteiger partial charge in [-0.3, -0.25) is 9.59 Å². The molecule has 126 valence electrons. The monoisotopic (exact) mass is 335 g/mol. The predicted octanol–water partition coefficient (Wildman–Crippen LogP) is 1.67. The molecule has 0 unspecified atom stereocenters. The number of aryl methyl sites for hydroxylation is 2. The van der Waals surface area contributed by atoms with Crippen molar-refractivity contribution < 1.29 is 4.79 Å². The molecule has 0 N–H and O–H groups in total. The maximum absolute atomic E-state index is 13.0. The number of carbonyl (C=O) groups excluding carboxylic acids is 1. The minimum absolute atomic E-state index is 0.167. The number of aromatic nitrogens is 4. The van der Waals surface area contributed by atoms with Crippen LogP contribution in [0, 0.1) is 6.92 Å². The standard InChI is InChI=1S/C18H17N5O2/c1-3-22-8-14(16(24)13-5-4-11(2)21-17(13)22)18(25)23-7-12-6-19-10-20-15(12)9-23/h4-6,8,10H,3,7,9H2,1-2H3. The third-order valence-electron chi connectivity index (χ3n) is 4.50. The molecule has 0 spiro atoms. The number of hydrogen-bond donors (Lipinski definition) is 0. The molecule has 0 aliphatic carbocycles. The van der Waals surface area contributed by atoms with E-state index in [-0.39, 0.29) is 16.9 Å². The van der Waals surface area contributed by atoms with Crippen LogP contribution < -0.4 is 5.43 Å². The van der Waals surface area contributed by atoms with Gasteiger partial charge in [0.05, 0.1) is 17.6 Å². The maximum Gasteiger partial charge on any atom is 0.260 e. The molecular formula is C18H17N5O2. The number of carbonyl (C=O) groups is 1. The van der Waals surface area contributed by atoms with E-state index in [9.17, 15) is 9.59 Å². The lowest BCUT2D eigenvalue weighted by atomic mass is 10.1. The highest BCUT2D eigenvalue weighted by atomic mass is 16.2. The van der Waals surface area contributed by atoms with Gasteiger partial charge in [-0.2, -0.15) is 0 Å². The second-order valence-corrected chi connectivity index (χ2v) is 6.14. The van der Waals surface area contributed by atoms with Crippen LogP contribution in [0.4, 0.5) is 0 Å². The normalized spacial score (nSPS) is 13.3. The zero-order valence-electron chi connectivity index (χ0n) is 14.1. The second kappa shape index (κ2) is 5.77. The summed E-state index contributed by atoms with van der Waals surface area (Å²) in [5.74, 6) is -0.285. The van der Waals surface area contributed by atoms with Crippen molar-refractivity contribution in [3.8, 4) is 0 Å². The predicted molar refractivity (Wildman–Crippen MR) is 92.0 cm³/mol. The first kappa shape index (κ1) is 15.4. The summed E-state index contributed by atoms with van der Waals surface area (Å²) in [4.78, 5) is 40.1. The first-order chi connectivity index (χ1) is 12.1. The highest BCUT2D eigenvalue weighted by Crippen LogP contribution is 2.21. The van der Waals surface area contributed by atoms with Crippen LogP contribution in [0.3, 0.4) is 0 Å². The third kappa shape index (κ3) is 2.48. The Morgan fingerprint density at radius 3 is 2.88 bits per heavy atom. The van der Waals surface area contributed by atoms with Crippen LogP contribution in [0.2, 0.25) is 0 Å². The molecule has 1 aliphatic rings. The van der Waals surface area contributed by atoms with Crippen LogP contribution in [0.15, 0.2) is 35.6 Å². The lowest BCUT2D eigenvalue weighted by Gasteiger charge is -2.17.